The number of hydrogen-bond acceptors (Lipinski definition) is 2. The molecule has 0 radical (unpaired) electrons. The van der Waals surface area contributed by atoms with Gasteiger partial charge in [-0.1, -0.05) is 13.5 Å². The highest BCUT2D eigenvalue weighted by atomic mass is 32.1. The number of pyridine rings is 1. The molecule has 0 saturated heterocycles. The van der Waals surface area contributed by atoms with Crippen LogP contribution in [0.25, 0.3) is 0 Å². The van der Waals surface area contributed by atoms with Crippen molar-refractivity contribution < 1.29 is 0 Å². The molecule has 1 aromatic heterocycles. The Kier molecular flexibility index (Phi) is 3.28. The Morgan fingerprint density at radius 3 is 2.38 bits per heavy atom. The highest BCUT2D eigenvalue weighted by Gasteiger charge is 1.74. The van der Waals surface area contributed by atoms with E-state index in [9.17, 15) is 0 Å². The Bertz CT molecular complexity index is 138. The van der Waals surface area contributed by atoms with E-state index in [0.29, 0.717) is 0 Å². The maximum Gasteiger partial charge on any atom is 0.0929 e. The lowest BCUT2D eigenvalue weighted by molar-refractivity contribution is 1.14. The summed E-state index contributed by atoms with van der Waals surface area (Å²) in [5, 5.41) is 0.766. The molecule has 0 spiro atoms. The fourth-order valence-electron chi connectivity index (χ4n) is 0.354. The molecule has 44 valence electrons. The van der Waals surface area contributed by atoms with E-state index >= 15 is 0 Å². The zero-order valence-electron chi connectivity index (χ0n) is 3.70. The smallest absolute Gasteiger partial charge is 0.0929 e. The first-order chi connectivity index (χ1) is 3.39. The summed E-state index contributed by atoms with van der Waals surface area (Å²) in [4.78, 5) is 3.84. The van der Waals surface area contributed by atoms with Crippen LogP contribution in [0.2, 0.25) is 0 Å². The highest BCUT2D eigenvalue weighted by molar-refractivity contribution is 7.80. The molecule has 0 atom stereocenters. The normalized spacial score (nSPS) is 7.62. The summed E-state index contributed by atoms with van der Waals surface area (Å²) in [7, 11) is 0. The second-order valence-electron chi connectivity index (χ2n) is 1.19. The van der Waals surface area contributed by atoms with Crippen LogP contribution in [-0.4, -0.2) is 4.98 Å². The summed E-state index contributed by atoms with van der Waals surface area (Å²) in [5.41, 5.74) is 0. The molecule has 0 amide bonds. The van der Waals surface area contributed by atoms with Gasteiger partial charge in [0.15, 0.2) is 0 Å². The molecule has 0 fully saturated rings. The molecule has 0 aromatic carbocycles. The zero-order valence-corrected chi connectivity index (χ0v) is 4.60. The third kappa shape index (κ3) is 1.98. The fraction of sp³-hybridized carbons (Fsp3) is 0.167. The lowest BCUT2D eigenvalue weighted by Crippen LogP contribution is -1.67. The van der Waals surface area contributed by atoms with Gasteiger partial charge < -0.3 is 0 Å². The van der Waals surface area contributed by atoms with Crippen molar-refractivity contribution in [1.29, 1.82) is 0 Å². The molecule has 1 heterocycles. The first kappa shape index (κ1) is 7.50. The third-order valence-electron chi connectivity index (χ3n) is 0.649. The molecule has 0 aliphatic heterocycles. The molecule has 0 unspecified atom stereocenters. The van der Waals surface area contributed by atoms with E-state index in [1.165, 1.54) is 0 Å². The SMILES string of the molecule is C.Sc1ccccn1. The minimum atomic E-state index is 0. The number of aromatic nitrogens is 1. The topological polar surface area (TPSA) is 12.9 Å². The standard InChI is InChI=1S/C5H5NS.CH4/c7-5-3-1-2-4-6-5;/h1-4H,(H,6,7);1H4. The summed E-state index contributed by atoms with van der Waals surface area (Å²) in [6.45, 7) is 0. The van der Waals surface area contributed by atoms with E-state index < -0.39 is 0 Å². The van der Waals surface area contributed by atoms with Crippen molar-refractivity contribution in [3.05, 3.63) is 24.4 Å². The van der Waals surface area contributed by atoms with Crippen LogP contribution in [0.3, 0.4) is 0 Å². The molecular weight excluding hydrogens is 118 g/mol. The maximum absolute atomic E-state index is 3.97. The second kappa shape index (κ2) is 3.50. The fourth-order valence-corrected chi connectivity index (χ4v) is 0.506. The van der Waals surface area contributed by atoms with Crippen LogP contribution in [0, 0.1) is 0 Å². The quantitative estimate of drug-likeness (QED) is 0.526. The Morgan fingerprint density at radius 1 is 1.38 bits per heavy atom. The summed E-state index contributed by atoms with van der Waals surface area (Å²) in [5.74, 6) is 0. The predicted octanol–water partition coefficient (Wildman–Crippen LogP) is 2.01. The van der Waals surface area contributed by atoms with Crippen LogP contribution in [-0.2, 0) is 0 Å². The molecule has 0 bridgehead atoms. The van der Waals surface area contributed by atoms with Crippen LogP contribution >= 0.6 is 12.6 Å². The van der Waals surface area contributed by atoms with Crippen LogP contribution in [0.4, 0.5) is 0 Å². The van der Waals surface area contributed by atoms with Gasteiger partial charge in [0.2, 0.25) is 0 Å². The minimum absolute atomic E-state index is 0. The Hall–Kier alpha value is -0.500. The van der Waals surface area contributed by atoms with Crippen LogP contribution in [0.15, 0.2) is 29.4 Å². The Morgan fingerprint density at radius 2 is 2.12 bits per heavy atom. The van der Waals surface area contributed by atoms with E-state index in [2.05, 4.69) is 17.6 Å². The summed E-state index contributed by atoms with van der Waals surface area (Å²) in [6.07, 6.45) is 1.71. The second-order valence-corrected chi connectivity index (χ2v) is 1.65. The molecule has 0 saturated carbocycles. The molecule has 8 heavy (non-hydrogen) atoms. The Labute approximate surface area is 55.2 Å². The largest absolute Gasteiger partial charge is 0.250 e. The van der Waals surface area contributed by atoms with E-state index in [0.717, 1.165) is 5.03 Å². The van der Waals surface area contributed by atoms with Crippen LogP contribution in [0.5, 0.6) is 0 Å². The first-order valence-corrected chi connectivity index (χ1v) is 2.44. The molecular formula is C6H9NS. The van der Waals surface area contributed by atoms with Gasteiger partial charge in [0.25, 0.3) is 0 Å². The van der Waals surface area contributed by atoms with Gasteiger partial charge in [-0.25, -0.2) is 0 Å². The lowest BCUT2D eigenvalue weighted by Gasteiger charge is -1.81. The van der Waals surface area contributed by atoms with E-state index in [4.69, 9.17) is 0 Å². The zero-order chi connectivity index (χ0) is 5.11. The van der Waals surface area contributed by atoms with E-state index in [1.807, 2.05) is 18.2 Å². The van der Waals surface area contributed by atoms with Gasteiger partial charge in [-0.15, -0.1) is 12.6 Å². The van der Waals surface area contributed by atoms with Crippen LogP contribution < -0.4 is 0 Å². The summed E-state index contributed by atoms with van der Waals surface area (Å²) in [6, 6.07) is 5.60. The number of nitrogens with zero attached hydrogens (tertiary/aromatic N) is 1. The van der Waals surface area contributed by atoms with Crippen molar-refractivity contribution >= 4 is 12.6 Å². The number of thiol groups is 1. The van der Waals surface area contributed by atoms with Gasteiger partial charge in [-0.2, -0.15) is 0 Å². The third-order valence-corrected chi connectivity index (χ3v) is 0.914. The van der Waals surface area contributed by atoms with E-state index in [-0.39, 0.29) is 7.43 Å². The molecule has 1 nitrogen and oxygen atoms in total. The van der Waals surface area contributed by atoms with Gasteiger partial charge in [0, 0.05) is 6.20 Å². The molecule has 0 aliphatic rings. The van der Waals surface area contributed by atoms with Crippen LogP contribution in [0.1, 0.15) is 7.43 Å². The van der Waals surface area contributed by atoms with Crippen molar-refractivity contribution in [2.45, 2.75) is 12.5 Å². The number of hydrogen-bond donors (Lipinski definition) is 1. The maximum atomic E-state index is 3.97. The van der Waals surface area contributed by atoms with Gasteiger partial charge in [0.1, 0.15) is 0 Å². The minimum Gasteiger partial charge on any atom is -0.250 e. The van der Waals surface area contributed by atoms with Crippen molar-refractivity contribution in [1.82, 2.24) is 4.98 Å². The average molecular weight is 127 g/mol. The van der Waals surface area contributed by atoms with Crippen molar-refractivity contribution in [3.8, 4) is 0 Å². The van der Waals surface area contributed by atoms with Crippen molar-refractivity contribution in [3.63, 3.8) is 0 Å². The van der Waals surface area contributed by atoms with E-state index in [1.54, 1.807) is 6.20 Å². The molecule has 1 rings (SSSR count). The molecule has 1 aromatic rings. The van der Waals surface area contributed by atoms with Gasteiger partial charge in [0.05, 0.1) is 5.03 Å². The summed E-state index contributed by atoms with van der Waals surface area (Å²) >= 11 is 3.97. The average Bonchev–Trinajstić information content (AvgIpc) is 1.69. The monoisotopic (exact) mass is 127 g/mol. The lowest BCUT2D eigenvalue weighted by atomic mass is 10.5. The predicted molar refractivity (Wildman–Crippen MR) is 38.2 cm³/mol. The van der Waals surface area contributed by atoms with Crippen molar-refractivity contribution in [2.75, 3.05) is 0 Å². The van der Waals surface area contributed by atoms with Gasteiger partial charge in [-0.3, -0.25) is 4.98 Å². The van der Waals surface area contributed by atoms with Gasteiger partial charge in [-0.05, 0) is 12.1 Å². The first-order valence-electron chi connectivity index (χ1n) is 1.99. The molecule has 0 aliphatic carbocycles. The van der Waals surface area contributed by atoms with Crippen molar-refractivity contribution in [2.24, 2.45) is 0 Å². The number of rotatable bonds is 0. The molecule has 2 heteroatoms. The summed E-state index contributed by atoms with van der Waals surface area (Å²) < 4.78 is 0. The highest BCUT2D eigenvalue weighted by Crippen LogP contribution is 1.95. The Balaban J connectivity index is 0.000000490. The van der Waals surface area contributed by atoms with Gasteiger partial charge >= 0.3 is 0 Å². The molecule has 0 N–H and O–H groups in total.